The van der Waals surface area contributed by atoms with Crippen LogP contribution in [0, 0.1) is 5.92 Å². The summed E-state index contributed by atoms with van der Waals surface area (Å²) < 4.78 is 0. The third-order valence-corrected chi connectivity index (χ3v) is 6.26. The van der Waals surface area contributed by atoms with Crippen molar-refractivity contribution in [1.82, 2.24) is 16.0 Å². The van der Waals surface area contributed by atoms with E-state index in [0.29, 0.717) is 12.8 Å². The van der Waals surface area contributed by atoms with Crippen LogP contribution in [0.25, 0.3) is 0 Å². The number of nitrogens with zero attached hydrogens (tertiary/aromatic N) is 1. The number of guanidine groups is 1. The first-order valence-electron chi connectivity index (χ1n) is 12.2. The number of aromatic hydroxyl groups is 1. The van der Waals surface area contributed by atoms with Gasteiger partial charge in [-0.15, -0.1) is 0 Å². The van der Waals surface area contributed by atoms with E-state index in [1.165, 1.54) is 12.1 Å². The van der Waals surface area contributed by atoms with Crippen molar-refractivity contribution >= 4 is 42.3 Å². The Kier molecular flexibility index (Phi) is 14.0. The van der Waals surface area contributed by atoms with E-state index >= 15 is 0 Å². The highest BCUT2D eigenvalue weighted by molar-refractivity contribution is 7.80. The molecule has 38 heavy (non-hydrogen) atoms. The molecule has 3 amide bonds. The monoisotopic (exact) mass is 553 g/mol. The third-order valence-electron chi connectivity index (χ3n) is 5.90. The predicted molar refractivity (Wildman–Crippen MR) is 146 cm³/mol. The number of nitrogens with two attached hydrogens (primary N) is 3. The van der Waals surface area contributed by atoms with Crippen LogP contribution in [0.1, 0.15) is 38.7 Å². The fraction of sp³-hybridized carbons (Fsp3) is 0.542. The number of carbonyl (C=O) groups excluding carboxylic acids is 3. The van der Waals surface area contributed by atoms with E-state index < -0.39 is 47.9 Å². The Morgan fingerprint density at radius 2 is 1.61 bits per heavy atom. The zero-order valence-electron chi connectivity index (χ0n) is 21.6. The molecule has 0 aliphatic carbocycles. The summed E-state index contributed by atoms with van der Waals surface area (Å²) in [6.07, 6.45) is 1.13. The van der Waals surface area contributed by atoms with Gasteiger partial charge in [-0.1, -0.05) is 32.4 Å². The van der Waals surface area contributed by atoms with Crippen LogP contribution in [0.3, 0.4) is 0 Å². The minimum absolute atomic E-state index is 0.0845. The highest BCUT2D eigenvalue weighted by Gasteiger charge is 2.32. The number of nitrogens with one attached hydrogen (secondary N) is 3. The molecule has 1 aromatic rings. The molecule has 0 aromatic heterocycles. The molecule has 1 rings (SSSR count). The smallest absolute Gasteiger partial charge is 0.327 e. The maximum atomic E-state index is 13.3. The molecule has 13 nitrogen and oxygen atoms in total. The van der Waals surface area contributed by atoms with Crippen LogP contribution in [0.5, 0.6) is 5.75 Å². The fourth-order valence-corrected chi connectivity index (χ4v) is 3.68. The van der Waals surface area contributed by atoms with E-state index in [0.717, 1.165) is 5.56 Å². The molecule has 5 unspecified atom stereocenters. The SMILES string of the molecule is CCC(C)C(NC(=O)C(N)Cc1ccc(O)cc1)C(=O)NC(CCCN=C(N)N)C(=O)NC(CS)C(=O)O. The van der Waals surface area contributed by atoms with Crippen LogP contribution >= 0.6 is 12.6 Å². The first-order valence-corrected chi connectivity index (χ1v) is 12.9. The number of aliphatic imine (C=N–C) groups is 1. The fourth-order valence-electron chi connectivity index (χ4n) is 3.43. The lowest BCUT2D eigenvalue weighted by molar-refractivity contribution is -0.141. The lowest BCUT2D eigenvalue weighted by Gasteiger charge is -2.28. The van der Waals surface area contributed by atoms with E-state index in [1.54, 1.807) is 19.1 Å². The van der Waals surface area contributed by atoms with E-state index in [4.69, 9.17) is 17.2 Å². The van der Waals surface area contributed by atoms with Gasteiger partial charge in [-0.25, -0.2) is 4.79 Å². The van der Waals surface area contributed by atoms with Gasteiger partial charge in [0.1, 0.15) is 23.9 Å². The normalized spacial score (nSPS) is 14.7. The van der Waals surface area contributed by atoms with Crippen molar-refractivity contribution in [3.05, 3.63) is 29.8 Å². The van der Waals surface area contributed by atoms with Gasteiger partial charge < -0.3 is 43.4 Å². The Balaban J connectivity index is 3.00. The zero-order valence-corrected chi connectivity index (χ0v) is 22.5. The summed E-state index contributed by atoms with van der Waals surface area (Å²) in [4.78, 5) is 54.2. The standard InChI is InChI=1S/C24H39N7O6S/c1-3-13(2)19(31-20(33)16(25)11-14-6-8-15(32)9-7-14)22(35)29-17(5-4-10-28-24(26)27)21(34)30-18(12-38)23(36)37/h6-9,13,16-19,32,38H,3-5,10-12,25H2,1-2H3,(H,29,35)(H,30,34)(H,31,33)(H,36,37)(H4,26,27,28). The number of benzene rings is 1. The van der Waals surface area contributed by atoms with Crippen LogP contribution < -0.4 is 33.2 Å². The van der Waals surface area contributed by atoms with E-state index in [2.05, 4.69) is 33.6 Å². The molecule has 0 aliphatic rings. The number of amides is 3. The molecule has 0 radical (unpaired) electrons. The Morgan fingerprint density at radius 1 is 1.00 bits per heavy atom. The van der Waals surface area contributed by atoms with Crippen LogP contribution in [-0.2, 0) is 25.6 Å². The lowest BCUT2D eigenvalue weighted by atomic mass is 9.96. The van der Waals surface area contributed by atoms with E-state index in [1.807, 2.05) is 6.92 Å². The topological polar surface area (TPSA) is 235 Å². The number of phenolic OH excluding ortho intramolecular Hbond substituents is 1. The second-order valence-electron chi connectivity index (χ2n) is 8.94. The molecule has 0 aliphatic heterocycles. The summed E-state index contributed by atoms with van der Waals surface area (Å²) in [6, 6.07) is 1.89. The summed E-state index contributed by atoms with van der Waals surface area (Å²) in [5, 5.41) is 26.3. The van der Waals surface area contributed by atoms with Gasteiger partial charge in [-0.2, -0.15) is 12.6 Å². The maximum Gasteiger partial charge on any atom is 0.327 e. The summed E-state index contributed by atoms with van der Waals surface area (Å²) in [7, 11) is 0. The van der Waals surface area contributed by atoms with Crippen LogP contribution in [0.15, 0.2) is 29.3 Å². The number of aliphatic carboxylic acids is 1. The lowest BCUT2D eigenvalue weighted by Crippen LogP contribution is -2.59. The van der Waals surface area contributed by atoms with Crippen LogP contribution in [0.4, 0.5) is 0 Å². The number of rotatable bonds is 16. The van der Waals surface area contributed by atoms with Gasteiger partial charge in [0.2, 0.25) is 17.7 Å². The molecule has 0 saturated carbocycles. The minimum Gasteiger partial charge on any atom is -0.508 e. The molecule has 0 bridgehead atoms. The number of phenols is 1. The predicted octanol–water partition coefficient (Wildman–Crippen LogP) is -1.17. The van der Waals surface area contributed by atoms with Crippen molar-refractivity contribution in [3.8, 4) is 5.75 Å². The first kappa shape index (κ1) is 32.5. The first-order chi connectivity index (χ1) is 17.9. The second kappa shape index (κ2) is 16.3. The Morgan fingerprint density at radius 3 is 2.13 bits per heavy atom. The molecular formula is C24H39N7O6S. The number of carboxylic acids is 1. The Bertz CT molecular complexity index is 972. The minimum atomic E-state index is -1.27. The highest BCUT2D eigenvalue weighted by atomic mass is 32.1. The average Bonchev–Trinajstić information content (AvgIpc) is 2.87. The Hall–Kier alpha value is -3.52. The quantitative estimate of drug-likeness (QED) is 0.0518. The van der Waals surface area contributed by atoms with Gasteiger partial charge in [0.05, 0.1) is 6.04 Å². The molecule has 0 saturated heterocycles. The number of thiol groups is 1. The molecule has 212 valence electrons. The summed E-state index contributed by atoms with van der Waals surface area (Å²) in [5.74, 6) is -3.68. The molecule has 1 aromatic carbocycles. The summed E-state index contributed by atoms with van der Waals surface area (Å²) >= 11 is 3.95. The third kappa shape index (κ3) is 11.3. The van der Waals surface area contributed by atoms with Gasteiger partial charge in [-0.05, 0) is 42.9 Å². The maximum absolute atomic E-state index is 13.3. The molecule has 14 heteroatoms. The number of carboxylic acid groups (broad SMARTS) is 1. The average molecular weight is 554 g/mol. The van der Waals surface area contributed by atoms with Gasteiger partial charge in [0, 0.05) is 12.3 Å². The van der Waals surface area contributed by atoms with E-state index in [-0.39, 0.29) is 42.8 Å². The molecule has 11 N–H and O–H groups in total. The van der Waals surface area contributed by atoms with Gasteiger partial charge in [-0.3, -0.25) is 19.4 Å². The largest absolute Gasteiger partial charge is 0.508 e. The van der Waals surface area contributed by atoms with Gasteiger partial charge in [0.25, 0.3) is 0 Å². The van der Waals surface area contributed by atoms with Crippen molar-refractivity contribution in [2.75, 3.05) is 12.3 Å². The van der Waals surface area contributed by atoms with Crippen molar-refractivity contribution in [2.24, 2.45) is 28.1 Å². The zero-order chi connectivity index (χ0) is 28.8. The molecule has 0 spiro atoms. The van der Waals surface area contributed by atoms with Gasteiger partial charge in [0.15, 0.2) is 5.96 Å². The number of carbonyl (C=O) groups is 4. The second-order valence-corrected chi connectivity index (χ2v) is 9.31. The Labute approximate surface area is 227 Å². The molecule has 0 fully saturated rings. The molecule has 0 heterocycles. The van der Waals surface area contributed by atoms with Crippen molar-refractivity contribution in [1.29, 1.82) is 0 Å². The number of hydrogen-bond donors (Lipinski definition) is 9. The summed E-state index contributed by atoms with van der Waals surface area (Å²) in [6.45, 7) is 3.80. The van der Waals surface area contributed by atoms with Crippen molar-refractivity contribution in [2.45, 2.75) is 63.7 Å². The molecule has 5 atom stereocenters. The van der Waals surface area contributed by atoms with E-state index in [9.17, 15) is 29.4 Å². The molecular weight excluding hydrogens is 514 g/mol. The van der Waals surface area contributed by atoms with Gasteiger partial charge >= 0.3 is 5.97 Å². The van der Waals surface area contributed by atoms with Crippen molar-refractivity contribution in [3.63, 3.8) is 0 Å². The highest BCUT2D eigenvalue weighted by Crippen LogP contribution is 2.13. The van der Waals surface area contributed by atoms with Crippen molar-refractivity contribution < 1.29 is 29.4 Å². The van der Waals surface area contributed by atoms with Crippen LogP contribution in [0.2, 0.25) is 0 Å². The van der Waals surface area contributed by atoms with Crippen LogP contribution in [-0.4, -0.2) is 76.3 Å². The number of hydrogen-bond acceptors (Lipinski definition) is 8. The summed E-state index contributed by atoms with van der Waals surface area (Å²) in [5.41, 5.74) is 17.4.